The molecule has 9 nitrogen and oxygen atoms in total. The zero-order valence-electron chi connectivity index (χ0n) is 20.2. The molecule has 10 heteroatoms. The zero-order chi connectivity index (χ0) is 25.4. The van der Waals surface area contributed by atoms with Crippen LogP contribution in [0.2, 0.25) is 0 Å². The first-order valence-corrected chi connectivity index (χ1v) is 12.1. The lowest BCUT2D eigenvalue weighted by Gasteiger charge is -2.24. The fourth-order valence-electron chi connectivity index (χ4n) is 4.28. The molecule has 1 aromatic heterocycles. The van der Waals surface area contributed by atoms with Crippen LogP contribution in [0.1, 0.15) is 31.0 Å². The molecule has 3 heterocycles. The summed E-state index contributed by atoms with van der Waals surface area (Å²) in [5.74, 6) is 1.86. The Balaban J connectivity index is 1.73. The molecular formula is C26H24N2O7S. The smallest absolute Gasteiger partial charge is 0.338 e. The van der Waals surface area contributed by atoms with Crippen molar-refractivity contribution in [2.45, 2.75) is 19.9 Å². The molecule has 1 atom stereocenters. The van der Waals surface area contributed by atoms with Gasteiger partial charge in [-0.1, -0.05) is 17.4 Å². The molecule has 0 bridgehead atoms. The van der Waals surface area contributed by atoms with Gasteiger partial charge in [0.25, 0.3) is 5.56 Å². The maximum Gasteiger partial charge on any atom is 0.338 e. The van der Waals surface area contributed by atoms with Gasteiger partial charge in [0.15, 0.2) is 16.3 Å². The number of carbonyl (C=O) groups excluding carboxylic acids is 1. The number of benzene rings is 2. The Bertz CT molecular complexity index is 1570. The predicted octanol–water partition coefficient (Wildman–Crippen LogP) is 2.54. The second kappa shape index (κ2) is 9.54. The van der Waals surface area contributed by atoms with Gasteiger partial charge >= 0.3 is 5.97 Å². The van der Waals surface area contributed by atoms with Crippen LogP contribution < -0.4 is 33.8 Å². The summed E-state index contributed by atoms with van der Waals surface area (Å²) in [6.07, 6.45) is 1.74. The van der Waals surface area contributed by atoms with E-state index in [2.05, 4.69) is 4.99 Å². The van der Waals surface area contributed by atoms with Crippen molar-refractivity contribution in [3.63, 3.8) is 0 Å². The van der Waals surface area contributed by atoms with E-state index in [4.69, 9.17) is 23.7 Å². The van der Waals surface area contributed by atoms with Gasteiger partial charge < -0.3 is 23.7 Å². The fourth-order valence-corrected chi connectivity index (χ4v) is 5.32. The van der Waals surface area contributed by atoms with Crippen molar-refractivity contribution in [1.29, 1.82) is 0 Å². The highest BCUT2D eigenvalue weighted by Crippen LogP contribution is 2.38. The van der Waals surface area contributed by atoms with Gasteiger partial charge in [0, 0.05) is 5.56 Å². The van der Waals surface area contributed by atoms with E-state index in [1.165, 1.54) is 15.9 Å². The number of ether oxygens (including phenoxy) is 5. The Hall–Kier alpha value is -4.05. The van der Waals surface area contributed by atoms with E-state index in [1.807, 2.05) is 6.07 Å². The number of allylic oxidation sites excluding steroid dienone is 1. The van der Waals surface area contributed by atoms with Crippen LogP contribution >= 0.6 is 11.3 Å². The number of carbonyl (C=O) groups is 1. The van der Waals surface area contributed by atoms with Crippen LogP contribution in [0.15, 0.2) is 57.5 Å². The van der Waals surface area contributed by atoms with Crippen LogP contribution in [-0.4, -0.2) is 38.2 Å². The van der Waals surface area contributed by atoms with Crippen molar-refractivity contribution >= 4 is 23.4 Å². The van der Waals surface area contributed by atoms with Gasteiger partial charge in [-0.3, -0.25) is 9.36 Å². The monoisotopic (exact) mass is 508 g/mol. The summed E-state index contributed by atoms with van der Waals surface area (Å²) < 4.78 is 29.1. The van der Waals surface area contributed by atoms with Gasteiger partial charge in [0.1, 0.15) is 11.5 Å². The lowest BCUT2D eigenvalue weighted by atomic mass is 9.95. The largest absolute Gasteiger partial charge is 0.497 e. The number of hydrogen-bond acceptors (Lipinski definition) is 9. The second-order valence-electron chi connectivity index (χ2n) is 8.02. The first-order valence-electron chi connectivity index (χ1n) is 11.3. The van der Waals surface area contributed by atoms with E-state index in [0.717, 1.165) is 0 Å². The van der Waals surface area contributed by atoms with Gasteiger partial charge in [-0.05, 0) is 55.8 Å². The molecule has 0 saturated heterocycles. The number of esters is 1. The normalized spacial score (nSPS) is 16.4. The minimum absolute atomic E-state index is 0.115. The maximum absolute atomic E-state index is 13.8. The number of thiazole rings is 1. The van der Waals surface area contributed by atoms with Crippen LogP contribution in [0.25, 0.3) is 6.08 Å². The van der Waals surface area contributed by atoms with E-state index in [-0.39, 0.29) is 19.0 Å². The van der Waals surface area contributed by atoms with Crippen molar-refractivity contribution in [1.82, 2.24) is 4.57 Å². The minimum Gasteiger partial charge on any atom is -0.497 e. The number of rotatable bonds is 6. The molecule has 0 aliphatic carbocycles. The van der Waals surface area contributed by atoms with Gasteiger partial charge in [-0.15, -0.1) is 0 Å². The summed E-state index contributed by atoms with van der Waals surface area (Å²) in [6, 6.07) is 9.98. The number of aromatic nitrogens is 1. The Labute approximate surface area is 210 Å². The molecule has 5 rings (SSSR count). The van der Waals surface area contributed by atoms with Gasteiger partial charge in [0.05, 0.1) is 42.7 Å². The molecule has 0 spiro atoms. The topological polar surface area (TPSA) is 97.6 Å². The quantitative estimate of drug-likeness (QED) is 0.472. The lowest BCUT2D eigenvalue weighted by molar-refractivity contribution is -0.139. The zero-order valence-corrected chi connectivity index (χ0v) is 21.0. The first kappa shape index (κ1) is 23.7. The molecule has 0 N–H and O–H groups in total. The Kier molecular flexibility index (Phi) is 6.27. The summed E-state index contributed by atoms with van der Waals surface area (Å²) in [7, 11) is 3.14. The molecule has 2 aliphatic heterocycles. The van der Waals surface area contributed by atoms with E-state index in [1.54, 1.807) is 64.5 Å². The van der Waals surface area contributed by atoms with Crippen molar-refractivity contribution in [3.8, 4) is 23.0 Å². The number of fused-ring (bicyclic) bond motifs is 2. The molecular weight excluding hydrogens is 484 g/mol. The van der Waals surface area contributed by atoms with Crippen molar-refractivity contribution < 1.29 is 28.5 Å². The molecule has 1 unspecified atom stereocenters. The Morgan fingerprint density at radius 1 is 1.17 bits per heavy atom. The summed E-state index contributed by atoms with van der Waals surface area (Å²) in [5.41, 5.74) is 1.86. The lowest BCUT2D eigenvalue weighted by Crippen LogP contribution is -2.39. The summed E-state index contributed by atoms with van der Waals surface area (Å²) in [6.45, 7) is 3.79. The van der Waals surface area contributed by atoms with Gasteiger partial charge in [0.2, 0.25) is 6.79 Å². The highest BCUT2D eigenvalue weighted by atomic mass is 32.1. The van der Waals surface area contributed by atoms with E-state index in [9.17, 15) is 9.59 Å². The average Bonchev–Trinajstić information content (AvgIpc) is 3.47. The SMILES string of the molecule is CCOC(=O)C1=C(C)N=c2sc(=Cc3cc(OC)ccc3OC)c(=O)n2C1c1ccc2c(c1)OCO2. The van der Waals surface area contributed by atoms with Crippen molar-refractivity contribution in [2.75, 3.05) is 27.6 Å². The average molecular weight is 509 g/mol. The summed E-state index contributed by atoms with van der Waals surface area (Å²) in [5, 5.41) is 0. The Morgan fingerprint density at radius 3 is 2.72 bits per heavy atom. The number of hydrogen-bond donors (Lipinski definition) is 0. The predicted molar refractivity (Wildman–Crippen MR) is 133 cm³/mol. The Morgan fingerprint density at radius 2 is 1.97 bits per heavy atom. The first-order chi connectivity index (χ1) is 17.4. The van der Waals surface area contributed by atoms with Crippen LogP contribution in [0.3, 0.4) is 0 Å². The van der Waals surface area contributed by atoms with Crippen molar-refractivity contribution in [2.24, 2.45) is 4.99 Å². The van der Waals surface area contributed by atoms with Gasteiger partial charge in [-0.2, -0.15) is 0 Å². The number of methoxy groups -OCH3 is 2. The summed E-state index contributed by atoms with van der Waals surface area (Å²) >= 11 is 1.23. The molecule has 186 valence electrons. The standard InChI is InChI=1S/C26H24N2O7S/c1-5-33-25(30)22-14(2)27-26-28(23(22)15-6-8-19-20(11-15)35-13-34-19)24(29)21(36-26)12-16-10-17(31-3)7-9-18(16)32-4/h6-12,23H,5,13H2,1-4H3. The molecule has 0 saturated carbocycles. The molecule has 36 heavy (non-hydrogen) atoms. The summed E-state index contributed by atoms with van der Waals surface area (Å²) in [4.78, 5) is 31.9. The molecule has 2 aromatic carbocycles. The third-order valence-electron chi connectivity index (χ3n) is 5.95. The van der Waals surface area contributed by atoms with Crippen LogP contribution in [-0.2, 0) is 9.53 Å². The molecule has 2 aliphatic rings. The van der Waals surface area contributed by atoms with Gasteiger partial charge in [-0.25, -0.2) is 9.79 Å². The van der Waals surface area contributed by atoms with E-state index in [0.29, 0.717) is 54.7 Å². The van der Waals surface area contributed by atoms with E-state index < -0.39 is 12.0 Å². The maximum atomic E-state index is 13.8. The minimum atomic E-state index is -0.746. The van der Waals surface area contributed by atoms with Crippen LogP contribution in [0, 0.1) is 0 Å². The molecule has 0 radical (unpaired) electrons. The van der Waals surface area contributed by atoms with Crippen LogP contribution in [0.5, 0.6) is 23.0 Å². The third kappa shape index (κ3) is 4.03. The molecule has 0 fully saturated rings. The third-order valence-corrected chi connectivity index (χ3v) is 6.94. The number of nitrogens with zero attached hydrogens (tertiary/aromatic N) is 2. The highest BCUT2D eigenvalue weighted by Gasteiger charge is 2.34. The molecule has 0 amide bonds. The highest BCUT2D eigenvalue weighted by molar-refractivity contribution is 7.07. The van der Waals surface area contributed by atoms with E-state index >= 15 is 0 Å². The van der Waals surface area contributed by atoms with Crippen molar-refractivity contribution in [3.05, 3.63) is 78.5 Å². The van der Waals surface area contributed by atoms with Crippen LogP contribution in [0.4, 0.5) is 0 Å². The second-order valence-corrected chi connectivity index (χ2v) is 9.03. The fraction of sp³-hybridized carbons (Fsp3) is 0.269. The molecule has 3 aromatic rings.